The van der Waals surface area contributed by atoms with Gasteiger partial charge >= 0.3 is 0 Å². The number of carbonyl (C=O) groups is 2. The molecule has 0 aliphatic carbocycles. The van der Waals surface area contributed by atoms with Gasteiger partial charge in [0.25, 0.3) is 0 Å². The zero-order valence-electron chi connectivity index (χ0n) is 16.8. The Morgan fingerprint density at radius 2 is 1.89 bits per heavy atom. The fraction of sp³-hybridized carbons (Fsp3) is 0.636. The maximum Gasteiger partial charge on any atom is 0.227 e. The maximum atomic E-state index is 13.0. The van der Waals surface area contributed by atoms with E-state index in [-0.39, 0.29) is 30.0 Å². The lowest BCUT2D eigenvalue weighted by Crippen LogP contribution is -2.48. The van der Waals surface area contributed by atoms with Crippen molar-refractivity contribution < 1.29 is 14.0 Å². The monoisotopic (exact) mass is 389 g/mol. The van der Waals surface area contributed by atoms with Crippen LogP contribution in [-0.4, -0.2) is 60.4 Å². The summed E-state index contributed by atoms with van der Waals surface area (Å²) in [6, 6.07) is 6.63. The van der Waals surface area contributed by atoms with Gasteiger partial charge in [-0.2, -0.15) is 0 Å². The molecule has 2 saturated heterocycles. The van der Waals surface area contributed by atoms with Gasteiger partial charge in [-0.3, -0.25) is 14.5 Å². The Bertz CT molecular complexity index is 664. The van der Waals surface area contributed by atoms with Crippen LogP contribution in [0.4, 0.5) is 4.39 Å². The van der Waals surface area contributed by atoms with Crippen LogP contribution in [0.25, 0.3) is 0 Å². The SMILES string of the molecule is CC1CCCCN1CCNC(=O)C1CCCN(C(=O)Cc2ccc(F)cc2)C1. The van der Waals surface area contributed by atoms with Crippen LogP contribution >= 0.6 is 0 Å². The summed E-state index contributed by atoms with van der Waals surface area (Å²) < 4.78 is 13.0. The lowest BCUT2D eigenvalue weighted by Gasteiger charge is -2.34. The predicted octanol–water partition coefficient (Wildman–Crippen LogP) is 2.60. The van der Waals surface area contributed by atoms with Gasteiger partial charge in [0, 0.05) is 32.2 Å². The smallest absolute Gasteiger partial charge is 0.227 e. The standard InChI is InChI=1S/C22H32FN3O2/c1-17-5-2-3-12-25(17)14-11-24-22(28)19-6-4-13-26(16-19)21(27)15-18-7-9-20(23)10-8-18/h7-10,17,19H,2-6,11-16H2,1H3,(H,24,28). The molecule has 2 aliphatic rings. The maximum absolute atomic E-state index is 13.0. The fourth-order valence-electron chi connectivity index (χ4n) is 4.26. The van der Waals surface area contributed by atoms with Crippen LogP contribution in [0.2, 0.25) is 0 Å². The summed E-state index contributed by atoms with van der Waals surface area (Å²) in [7, 11) is 0. The van der Waals surface area contributed by atoms with Gasteiger partial charge in [0.15, 0.2) is 0 Å². The molecule has 2 amide bonds. The van der Waals surface area contributed by atoms with E-state index in [2.05, 4.69) is 17.1 Å². The summed E-state index contributed by atoms with van der Waals surface area (Å²) in [5.41, 5.74) is 0.800. The van der Waals surface area contributed by atoms with E-state index in [1.807, 2.05) is 0 Å². The molecule has 0 bridgehead atoms. The molecule has 2 unspecified atom stereocenters. The Kier molecular flexibility index (Phi) is 7.43. The minimum atomic E-state index is -0.301. The van der Waals surface area contributed by atoms with Crippen molar-refractivity contribution in [3.8, 4) is 0 Å². The molecular formula is C22H32FN3O2. The minimum absolute atomic E-state index is 0.00579. The van der Waals surface area contributed by atoms with Crippen LogP contribution in [0.5, 0.6) is 0 Å². The van der Waals surface area contributed by atoms with Crippen LogP contribution in [0, 0.1) is 11.7 Å². The van der Waals surface area contributed by atoms with E-state index >= 15 is 0 Å². The molecule has 2 heterocycles. The van der Waals surface area contributed by atoms with Crippen molar-refractivity contribution in [1.29, 1.82) is 0 Å². The molecule has 1 aromatic rings. The van der Waals surface area contributed by atoms with E-state index < -0.39 is 0 Å². The van der Waals surface area contributed by atoms with E-state index in [1.165, 1.54) is 31.4 Å². The highest BCUT2D eigenvalue weighted by Gasteiger charge is 2.28. The molecule has 6 heteroatoms. The molecule has 0 aromatic heterocycles. The molecule has 3 rings (SSSR count). The number of nitrogens with zero attached hydrogens (tertiary/aromatic N) is 2. The van der Waals surface area contributed by atoms with Gasteiger partial charge in [0.05, 0.1) is 12.3 Å². The molecule has 1 N–H and O–H groups in total. The highest BCUT2D eigenvalue weighted by Crippen LogP contribution is 2.19. The van der Waals surface area contributed by atoms with Crippen LogP contribution in [0.1, 0.15) is 44.6 Å². The second-order valence-electron chi connectivity index (χ2n) is 8.15. The Morgan fingerprint density at radius 3 is 2.64 bits per heavy atom. The van der Waals surface area contributed by atoms with Gasteiger partial charge in [-0.1, -0.05) is 18.6 Å². The normalized spacial score (nSPS) is 23.4. The van der Waals surface area contributed by atoms with Crippen molar-refractivity contribution in [2.45, 2.75) is 51.5 Å². The second kappa shape index (κ2) is 10.0. The summed E-state index contributed by atoms with van der Waals surface area (Å²) in [6.07, 6.45) is 5.70. The molecule has 154 valence electrons. The Hall–Kier alpha value is -1.95. The average Bonchev–Trinajstić information content (AvgIpc) is 2.71. The number of carbonyl (C=O) groups excluding carboxylic acids is 2. The van der Waals surface area contributed by atoms with Crippen molar-refractivity contribution in [1.82, 2.24) is 15.1 Å². The lowest BCUT2D eigenvalue weighted by molar-refractivity contribution is -0.135. The van der Waals surface area contributed by atoms with Crippen LogP contribution < -0.4 is 5.32 Å². The topological polar surface area (TPSA) is 52.7 Å². The van der Waals surface area contributed by atoms with Gasteiger partial charge in [-0.15, -0.1) is 0 Å². The van der Waals surface area contributed by atoms with Crippen molar-refractivity contribution in [2.24, 2.45) is 5.92 Å². The van der Waals surface area contributed by atoms with Gasteiger partial charge in [0.2, 0.25) is 11.8 Å². The molecule has 2 aliphatic heterocycles. The Balaban J connectivity index is 1.43. The number of hydrogen-bond donors (Lipinski definition) is 1. The lowest BCUT2D eigenvalue weighted by atomic mass is 9.96. The van der Waals surface area contributed by atoms with Gasteiger partial charge in [-0.25, -0.2) is 4.39 Å². The fourth-order valence-corrected chi connectivity index (χ4v) is 4.26. The molecule has 1 aromatic carbocycles. The zero-order chi connectivity index (χ0) is 19.9. The van der Waals surface area contributed by atoms with Crippen molar-refractivity contribution in [2.75, 3.05) is 32.7 Å². The quantitative estimate of drug-likeness (QED) is 0.814. The van der Waals surface area contributed by atoms with E-state index in [1.54, 1.807) is 17.0 Å². The van der Waals surface area contributed by atoms with Crippen molar-refractivity contribution >= 4 is 11.8 Å². The van der Waals surface area contributed by atoms with Crippen LogP contribution in [0.15, 0.2) is 24.3 Å². The molecule has 5 nitrogen and oxygen atoms in total. The first-order chi connectivity index (χ1) is 13.5. The van der Waals surface area contributed by atoms with Gasteiger partial charge in [0.1, 0.15) is 5.82 Å². The second-order valence-corrected chi connectivity index (χ2v) is 8.15. The summed E-state index contributed by atoms with van der Waals surface area (Å²) in [4.78, 5) is 29.4. The number of hydrogen-bond acceptors (Lipinski definition) is 3. The first-order valence-electron chi connectivity index (χ1n) is 10.6. The highest BCUT2D eigenvalue weighted by molar-refractivity contribution is 5.82. The third-order valence-corrected chi connectivity index (χ3v) is 6.05. The molecule has 2 fully saturated rings. The highest BCUT2D eigenvalue weighted by atomic mass is 19.1. The first-order valence-corrected chi connectivity index (χ1v) is 10.6. The largest absolute Gasteiger partial charge is 0.355 e. The van der Waals surface area contributed by atoms with Crippen molar-refractivity contribution in [3.63, 3.8) is 0 Å². The summed E-state index contributed by atoms with van der Waals surface area (Å²) in [5, 5.41) is 3.08. The van der Waals surface area contributed by atoms with E-state index in [0.29, 0.717) is 25.7 Å². The van der Waals surface area contributed by atoms with E-state index in [0.717, 1.165) is 31.5 Å². The number of amides is 2. The predicted molar refractivity (Wildman–Crippen MR) is 107 cm³/mol. The molecule has 28 heavy (non-hydrogen) atoms. The summed E-state index contributed by atoms with van der Waals surface area (Å²) in [6.45, 7) is 6.11. The summed E-state index contributed by atoms with van der Waals surface area (Å²) >= 11 is 0. The molecule has 2 atom stereocenters. The first kappa shape index (κ1) is 20.8. The van der Waals surface area contributed by atoms with E-state index in [4.69, 9.17) is 0 Å². The molecule has 0 saturated carbocycles. The van der Waals surface area contributed by atoms with Crippen LogP contribution in [0.3, 0.4) is 0 Å². The number of likely N-dealkylation sites (tertiary alicyclic amines) is 2. The Morgan fingerprint density at radius 1 is 1.11 bits per heavy atom. The van der Waals surface area contributed by atoms with Crippen molar-refractivity contribution in [3.05, 3.63) is 35.6 Å². The average molecular weight is 390 g/mol. The number of halogens is 1. The third-order valence-electron chi connectivity index (χ3n) is 6.05. The van der Waals surface area contributed by atoms with Gasteiger partial charge in [-0.05, 0) is 56.8 Å². The molecule has 0 spiro atoms. The summed E-state index contributed by atoms with van der Waals surface area (Å²) in [5.74, 6) is -0.371. The Labute approximate surface area is 167 Å². The zero-order valence-corrected chi connectivity index (χ0v) is 16.8. The molecular weight excluding hydrogens is 357 g/mol. The van der Waals surface area contributed by atoms with E-state index in [9.17, 15) is 14.0 Å². The number of nitrogens with one attached hydrogen (secondary N) is 1. The van der Waals surface area contributed by atoms with Crippen LogP contribution in [-0.2, 0) is 16.0 Å². The third kappa shape index (κ3) is 5.77. The number of piperidine rings is 2. The number of rotatable bonds is 6. The molecule has 0 radical (unpaired) electrons. The minimum Gasteiger partial charge on any atom is -0.355 e. The van der Waals surface area contributed by atoms with Gasteiger partial charge < -0.3 is 10.2 Å². The number of benzene rings is 1.